The van der Waals surface area contributed by atoms with Crippen LogP contribution in [0.4, 0.5) is 22.7 Å². The number of carbonyl (C=O) groups is 3. The third kappa shape index (κ3) is 12.9. The van der Waals surface area contributed by atoms with Crippen LogP contribution >= 0.6 is 21.6 Å². The van der Waals surface area contributed by atoms with E-state index in [1.807, 2.05) is 81.6 Å². The van der Waals surface area contributed by atoms with Gasteiger partial charge in [-0.15, -0.1) is 0 Å². The molecule has 0 spiro atoms. The molecule has 0 saturated carbocycles. The predicted molar refractivity (Wildman–Crippen MR) is 302 cm³/mol. The van der Waals surface area contributed by atoms with Gasteiger partial charge < -0.3 is 48.4 Å². The Hall–Kier alpha value is -5.71. The van der Waals surface area contributed by atoms with Crippen molar-refractivity contribution in [2.45, 2.75) is 103 Å². The maximum absolute atomic E-state index is 14.3. The van der Waals surface area contributed by atoms with Gasteiger partial charge in [0.15, 0.2) is 11.5 Å². The molecule has 4 aliphatic rings. The zero-order chi connectivity index (χ0) is 52.5. The number of anilines is 4. The van der Waals surface area contributed by atoms with Crippen LogP contribution in [-0.4, -0.2) is 107 Å². The molecule has 4 aliphatic heterocycles. The van der Waals surface area contributed by atoms with Crippen molar-refractivity contribution in [2.24, 2.45) is 0 Å². The zero-order valence-corrected chi connectivity index (χ0v) is 46.0. The number of nitrogens with one attached hydrogen (secondary N) is 1. The van der Waals surface area contributed by atoms with Crippen molar-refractivity contribution in [3.63, 3.8) is 0 Å². The normalized spacial score (nSPS) is 16.5. The van der Waals surface area contributed by atoms with Crippen LogP contribution in [0.1, 0.15) is 101 Å². The number of nitrogens with zero attached hydrogens (tertiary/aromatic N) is 3. The molecule has 0 radical (unpaired) electrons. The first kappa shape index (κ1) is 54.1. The molecule has 75 heavy (non-hydrogen) atoms. The third-order valence-electron chi connectivity index (χ3n) is 14.5. The van der Waals surface area contributed by atoms with Crippen LogP contribution in [0.25, 0.3) is 0 Å². The second-order valence-electron chi connectivity index (χ2n) is 20.5. The van der Waals surface area contributed by atoms with E-state index in [9.17, 15) is 14.4 Å². The summed E-state index contributed by atoms with van der Waals surface area (Å²) in [5.74, 6) is 2.93. The molecule has 0 saturated heterocycles. The summed E-state index contributed by atoms with van der Waals surface area (Å²) in [4.78, 5) is 46.8. The third-order valence-corrected chi connectivity index (χ3v) is 17.8. The topological polar surface area (TPSA) is 128 Å². The van der Waals surface area contributed by atoms with Crippen molar-refractivity contribution in [1.82, 2.24) is 0 Å². The van der Waals surface area contributed by atoms with Gasteiger partial charge in [0.2, 0.25) is 0 Å². The van der Waals surface area contributed by atoms with E-state index in [2.05, 4.69) is 72.6 Å². The molecule has 5 aromatic carbocycles. The van der Waals surface area contributed by atoms with E-state index in [4.69, 9.17) is 28.4 Å². The molecular formula is C60H72N4O9S2. The molecule has 0 unspecified atom stereocenters. The first-order valence-electron chi connectivity index (χ1n) is 26.5. The fourth-order valence-corrected chi connectivity index (χ4v) is 13.3. The summed E-state index contributed by atoms with van der Waals surface area (Å²) in [7, 11) is 6.92. The number of rotatable bonds is 26. The number of ether oxygens (including phenoxy) is 6. The van der Waals surface area contributed by atoms with Crippen molar-refractivity contribution >= 4 is 61.9 Å². The molecule has 1 N–H and O–H groups in total. The smallest absolute Gasteiger partial charge is 0.260 e. The van der Waals surface area contributed by atoms with Gasteiger partial charge in [-0.2, -0.15) is 0 Å². The van der Waals surface area contributed by atoms with Gasteiger partial charge in [0.25, 0.3) is 11.8 Å². The highest BCUT2D eigenvalue weighted by molar-refractivity contribution is 8.77. The van der Waals surface area contributed by atoms with Gasteiger partial charge in [0.05, 0.1) is 57.4 Å². The van der Waals surface area contributed by atoms with E-state index >= 15 is 0 Å². The van der Waals surface area contributed by atoms with E-state index in [-0.39, 0.29) is 41.9 Å². The zero-order valence-electron chi connectivity index (χ0n) is 44.4. The molecule has 0 bridgehead atoms. The standard InChI is InChI=1S/C60H72N4O9S2/c1-7-49(65)15-12-26-74-75-60(3,4)39-62(20-21-70-24-25-71-23-22-68-5)47-29-41(37-72-55-33-43-18-19-46-31-44-13-8-10-16-53(44)63(46)58(66)50(43)27-40(55)2)28-42(30-47)38-73-57-35-52-51(34-56(57)69-6)59(67)64-48(36-61-52)32-45-14-9-11-17-54(45)64/h8-11,13-14,16-17,27-30,33-35,46,48,61H,7,12,15,18-26,31-32,36-39H2,1-6H3/t46-,48+/m1/s1. The number of amides is 2. The second kappa shape index (κ2) is 25.0. The molecule has 0 aromatic heterocycles. The number of fused-ring (bicyclic) bond motifs is 8. The number of Topliss-reactive ketones (excluding diaryl/α,β-unsaturated/α-hetero) is 1. The van der Waals surface area contributed by atoms with E-state index in [0.29, 0.717) is 94.0 Å². The molecule has 0 fully saturated rings. The Kier molecular flexibility index (Phi) is 18.0. The van der Waals surface area contributed by atoms with Gasteiger partial charge in [-0.1, -0.05) is 64.9 Å². The van der Waals surface area contributed by atoms with Crippen LogP contribution in [0, 0.1) is 6.92 Å². The lowest BCUT2D eigenvalue weighted by atomic mass is 9.98. The lowest BCUT2D eigenvalue weighted by Gasteiger charge is -2.34. The number of hydrogen-bond acceptors (Lipinski definition) is 13. The van der Waals surface area contributed by atoms with Gasteiger partial charge in [-0.3, -0.25) is 14.4 Å². The Morgan fingerprint density at radius 2 is 1.40 bits per heavy atom. The van der Waals surface area contributed by atoms with Gasteiger partial charge in [0, 0.05) is 84.8 Å². The largest absolute Gasteiger partial charge is 0.493 e. The minimum Gasteiger partial charge on any atom is -0.493 e. The summed E-state index contributed by atoms with van der Waals surface area (Å²) in [6, 6.07) is 30.8. The van der Waals surface area contributed by atoms with Gasteiger partial charge in [0.1, 0.15) is 24.7 Å². The van der Waals surface area contributed by atoms with E-state index in [0.717, 1.165) is 88.5 Å². The van der Waals surface area contributed by atoms with Crippen molar-refractivity contribution in [3.8, 4) is 17.2 Å². The van der Waals surface area contributed by atoms with Gasteiger partial charge in [-0.25, -0.2) is 0 Å². The molecule has 398 valence electrons. The maximum atomic E-state index is 14.3. The monoisotopic (exact) mass is 1060 g/mol. The molecule has 0 aliphatic carbocycles. The highest BCUT2D eigenvalue weighted by Crippen LogP contribution is 2.43. The van der Waals surface area contributed by atoms with Crippen LogP contribution in [0.2, 0.25) is 0 Å². The number of ketones is 1. The summed E-state index contributed by atoms with van der Waals surface area (Å²) in [6.07, 6.45) is 5.36. The first-order valence-corrected chi connectivity index (χ1v) is 28.8. The Morgan fingerprint density at radius 1 is 0.747 bits per heavy atom. The molecule has 2 atom stereocenters. The SMILES string of the molecule is CCC(=O)CCCSSC(C)(C)CN(CCOCCOCCOC)c1cc(COc2cc3c(cc2C)C(=O)N2c4ccccc4C[C@H]2CC3)cc(COc2cc3c(cc2OC)C(=O)N2c4ccccc4C[C@H]2CN3)c1. The highest BCUT2D eigenvalue weighted by atomic mass is 33.1. The van der Waals surface area contributed by atoms with Crippen LogP contribution in [0.3, 0.4) is 0 Å². The fraction of sp³-hybridized carbons (Fsp3) is 0.450. The van der Waals surface area contributed by atoms with E-state index in [1.165, 1.54) is 11.1 Å². The summed E-state index contributed by atoms with van der Waals surface area (Å²) >= 11 is 0. The Morgan fingerprint density at radius 3 is 2.11 bits per heavy atom. The molecule has 4 heterocycles. The van der Waals surface area contributed by atoms with Crippen molar-refractivity contribution in [3.05, 3.63) is 136 Å². The van der Waals surface area contributed by atoms with Crippen molar-refractivity contribution in [1.29, 1.82) is 0 Å². The minimum absolute atomic E-state index is 0.00462. The number of para-hydroxylation sites is 2. The summed E-state index contributed by atoms with van der Waals surface area (Å²) in [5.41, 5.74) is 11.1. The maximum Gasteiger partial charge on any atom is 0.260 e. The van der Waals surface area contributed by atoms with Gasteiger partial charge in [-0.05, 0) is 135 Å². The predicted octanol–water partition coefficient (Wildman–Crippen LogP) is 11.1. The minimum atomic E-state index is -0.184. The van der Waals surface area contributed by atoms with Crippen LogP contribution < -0.4 is 34.2 Å². The summed E-state index contributed by atoms with van der Waals surface area (Å²) in [5, 5.41) is 3.57. The highest BCUT2D eigenvalue weighted by Gasteiger charge is 2.39. The molecule has 13 nitrogen and oxygen atoms in total. The molecule has 5 aromatic rings. The number of methoxy groups -OCH3 is 2. The quantitative estimate of drug-likeness (QED) is 0.0417. The average molecular weight is 1060 g/mol. The van der Waals surface area contributed by atoms with Crippen molar-refractivity contribution in [2.75, 3.05) is 92.7 Å². The lowest BCUT2D eigenvalue weighted by Crippen LogP contribution is -2.39. The summed E-state index contributed by atoms with van der Waals surface area (Å²) < 4.78 is 36.2. The Labute approximate surface area is 450 Å². The Bertz CT molecular complexity index is 2840. The molecule has 15 heteroatoms. The number of aryl methyl sites for hydroxylation is 2. The van der Waals surface area contributed by atoms with Crippen LogP contribution in [-0.2, 0) is 51.5 Å². The second-order valence-corrected chi connectivity index (χ2v) is 23.6. The molecule has 2 amide bonds. The Balaban J connectivity index is 0.986. The average Bonchev–Trinajstić information content (AvgIpc) is 3.92. The molecule has 9 rings (SSSR count). The first-order chi connectivity index (χ1) is 36.4. The number of carbonyl (C=O) groups excluding carboxylic acids is 3. The molecular weight excluding hydrogens is 985 g/mol. The van der Waals surface area contributed by atoms with Crippen LogP contribution in [0.15, 0.2) is 91.0 Å². The number of hydrogen-bond donors (Lipinski definition) is 1. The van der Waals surface area contributed by atoms with E-state index < -0.39 is 0 Å². The van der Waals surface area contributed by atoms with Crippen LogP contribution in [0.5, 0.6) is 17.2 Å². The lowest BCUT2D eigenvalue weighted by molar-refractivity contribution is -0.118. The van der Waals surface area contributed by atoms with Gasteiger partial charge >= 0.3 is 0 Å². The van der Waals surface area contributed by atoms with Crippen molar-refractivity contribution < 1.29 is 42.8 Å². The van der Waals surface area contributed by atoms with E-state index in [1.54, 1.807) is 20.3 Å². The summed E-state index contributed by atoms with van der Waals surface area (Å²) in [6.45, 7) is 13.3. The number of benzene rings is 5. The fourth-order valence-electron chi connectivity index (χ4n) is 10.7.